The maximum absolute atomic E-state index is 6.37. The first-order chi connectivity index (χ1) is 12.7. The molecule has 26 heavy (non-hydrogen) atoms. The lowest BCUT2D eigenvalue weighted by molar-refractivity contribution is 1.07. The first-order valence-electron chi connectivity index (χ1n) is 8.03. The average molecular weight is 423 g/mol. The molecule has 0 radical (unpaired) electrons. The van der Waals surface area contributed by atoms with E-state index in [1.165, 1.54) is 0 Å². The third-order valence-corrected chi connectivity index (χ3v) is 4.69. The molecule has 3 nitrogen and oxygen atoms in total. The van der Waals surface area contributed by atoms with Crippen molar-refractivity contribution < 1.29 is 0 Å². The molecule has 0 aliphatic heterocycles. The number of hydrogen-bond acceptors (Lipinski definition) is 3. The summed E-state index contributed by atoms with van der Waals surface area (Å²) >= 11 is 9.88. The molecule has 4 rings (SSSR count). The van der Waals surface area contributed by atoms with Crippen molar-refractivity contribution in [1.29, 1.82) is 0 Å². The molecule has 0 spiro atoms. The highest BCUT2D eigenvalue weighted by molar-refractivity contribution is 9.10. The SMILES string of the molecule is Clc1ccccc1-c1nc(-c2ccccc2)nc(-c2cccc(Br)c2)n1. The molecule has 0 bridgehead atoms. The van der Waals surface area contributed by atoms with Crippen LogP contribution in [0.4, 0.5) is 0 Å². The van der Waals surface area contributed by atoms with Gasteiger partial charge in [0.05, 0.1) is 5.02 Å². The van der Waals surface area contributed by atoms with Gasteiger partial charge in [-0.05, 0) is 24.3 Å². The van der Waals surface area contributed by atoms with Gasteiger partial charge in [0.15, 0.2) is 17.5 Å². The summed E-state index contributed by atoms with van der Waals surface area (Å²) < 4.78 is 0.968. The monoisotopic (exact) mass is 421 g/mol. The number of hydrogen-bond donors (Lipinski definition) is 0. The van der Waals surface area contributed by atoms with Gasteiger partial charge in [0.25, 0.3) is 0 Å². The molecule has 0 atom stereocenters. The summed E-state index contributed by atoms with van der Waals surface area (Å²) in [5.41, 5.74) is 2.62. The molecule has 4 aromatic rings. The molecule has 3 aromatic carbocycles. The second kappa shape index (κ2) is 7.36. The van der Waals surface area contributed by atoms with Gasteiger partial charge in [-0.2, -0.15) is 0 Å². The topological polar surface area (TPSA) is 38.7 Å². The van der Waals surface area contributed by atoms with Crippen LogP contribution >= 0.6 is 27.5 Å². The van der Waals surface area contributed by atoms with Gasteiger partial charge in [0.1, 0.15) is 0 Å². The Morgan fingerprint density at radius 3 is 1.96 bits per heavy atom. The van der Waals surface area contributed by atoms with Crippen LogP contribution in [0.15, 0.2) is 83.3 Å². The maximum Gasteiger partial charge on any atom is 0.165 e. The van der Waals surface area contributed by atoms with Crippen LogP contribution in [-0.2, 0) is 0 Å². The van der Waals surface area contributed by atoms with Crippen LogP contribution in [-0.4, -0.2) is 15.0 Å². The molecule has 0 fully saturated rings. The number of aromatic nitrogens is 3. The van der Waals surface area contributed by atoms with Crippen molar-refractivity contribution in [3.05, 3.63) is 88.4 Å². The second-order valence-corrected chi connectivity index (χ2v) is 6.99. The molecule has 0 saturated carbocycles. The molecule has 126 valence electrons. The highest BCUT2D eigenvalue weighted by Gasteiger charge is 2.13. The lowest BCUT2D eigenvalue weighted by Crippen LogP contribution is -2.00. The molecular formula is C21H13BrClN3. The summed E-state index contributed by atoms with van der Waals surface area (Å²) in [6, 6.07) is 25.3. The van der Waals surface area contributed by atoms with Crippen molar-refractivity contribution in [1.82, 2.24) is 15.0 Å². The second-order valence-electron chi connectivity index (χ2n) is 5.66. The molecule has 0 unspecified atom stereocenters. The zero-order chi connectivity index (χ0) is 17.9. The fraction of sp³-hybridized carbons (Fsp3) is 0. The van der Waals surface area contributed by atoms with Crippen LogP contribution in [0.1, 0.15) is 0 Å². The zero-order valence-corrected chi connectivity index (χ0v) is 15.9. The molecule has 0 amide bonds. The van der Waals surface area contributed by atoms with E-state index in [-0.39, 0.29) is 0 Å². The standard InChI is InChI=1S/C21H13BrClN3/c22-16-10-6-9-15(13-16)20-24-19(14-7-2-1-3-8-14)25-21(26-20)17-11-4-5-12-18(17)23/h1-13H. The first-order valence-corrected chi connectivity index (χ1v) is 9.20. The Labute approximate surface area is 164 Å². The maximum atomic E-state index is 6.37. The van der Waals surface area contributed by atoms with E-state index in [4.69, 9.17) is 11.6 Å². The van der Waals surface area contributed by atoms with Crippen LogP contribution in [0.5, 0.6) is 0 Å². The van der Waals surface area contributed by atoms with E-state index >= 15 is 0 Å². The van der Waals surface area contributed by atoms with E-state index in [2.05, 4.69) is 30.9 Å². The Kier molecular flexibility index (Phi) is 4.78. The van der Waals surface area contributed by atoms with Gasteiger partial charge in [0, 0.05) is 21.2 Å². The predicted octanol–water partition coefficient (Wildman–Crippen LogP) is 6.29. The Bertz CT molecular complexity index is 1070. The average Bonchev–Trinajstić information content (AvgIpc) is 2.69. The largest absolute Gasteiger partial charge is 0.208 e. The minimum atomic E-state index is 0.555. The first kappa shape index (κ1) is 16.9. The third kappa shape index (κ3) is 3.52. The van der Waals surface area contributed by atoms with Crippen molar-refractivity contribution in [3.63, 3.8) is 0 Å². The summed E-state index contributed by atoms with van der Waals surface area (Å²) in [4.78, 5) is 14.0. The summed E-state index contributed by atoms with van der Waals surface area (Å²) in [6.07, 6.45) is 0. The van der Waals surface area contributed by atoms with Gasteiger partial charge in [-0.25, -0.2) is 15.0 Å². The molecular weight excluding hydrogens is 410 g/mol. The van der Waals surface area contributed by atoms with Gasteiger partial charge in [-0.3, -0.25) is 0 Å². The van der Waals surface area contributed by atoms with Crippen LogP contribution in [0, 0.1) is 0 Å². The van der Waals surface area contributed by atoms with Crippen molar-refractivity contribution in [3.8, 4) is 34.2 Å². The molecule has 0 aliphatic rings. The van der Waals surface area contributed by atoms with E-state index in [0.717, 1.165) is 21.2 Å². The minimum Gasteiger partial charge on any atom is -0.208 e. The molecule has 1 heterocycles. The summed E-state index contributed by atoms with van der Waals surface area (Å²) in [7, 11) is 0. The van der Waals surface area contributed by atoms with Crippen LogP contribution in [0.3, 0.4) is 0 Å². The number of halogens is 2. The van der Waals surface area contributed by atoms with E-state index in [0.29, 0.717) is 22.5 Å². The third-order valence-electron chi connectivity index (χ3n) is 3.86. The predicted molar refractivity (Wildman–Crippen MR) is 109 cm³/mol. The summed E-state index contributed by atoms with van der Waals surface area (Å²) in [6.45, 7) is 0. The van der Waals surface area contributed by atoms with Crippen molar-refractivity contribution in [2.24, 2.45) is 0 Å². The number of rotatable bonds is 3. The number of nitrogens with zero attached hydrogens (tertiary/aromatic N) is 3. The lowest BCUT2D eigenvalue weighted by atomic mass is 10.1. The lowest BCUT2D eigenvalue weighted by Gasteiger charge is -2.09. The molecule has 0 N–H and O–H groups in total. The normalized spacial score (nSPS) is 10.7. The molecule has 5 heteroatoms. The fourth-order valence-corrected chi connectivity index (χ4v) is 3.23. The fourth-order valence-electron chi connectivity index (χ4n) is 2.61. The van der Waals surface area contributed by atoms with Gasteiger partial charge in [-0.1, -0.05) is 82.1 Å². The van der Waals surface area contributed by atoms with Gasteiger partial charge >= 0.3 is 0 Å². The van der Waals surface area contributed by atoms with Gasteiger partial charge in [-0.15, -0.1) is 0 Å². The van der Waals surface area contributed by atoms with Crippen LogP contribution in [0.2, 0.25) is 5.02 Å². The minimum absolute atomic E-state index is 0.555. The van der Waals surface area contributed by atoms with Gasteiger partial charge < -0.3 is 0 Å². The van der Waals surface area contributed by atoms with E-state index in [9.17, 15) is 0 Å². The van der Waals surface area contributed by atoms with E-state index < -0.39 is 0 Å². The Balaban J connectivity index is 1.95. The summed E-state index contributed by atoms with van der Waals surface area (Å²) in [5, 5.41) is 0.609. The van der Waals surface area contributed by atoms with Crippen LogP contribution < -0.4 is 0 Å². The molecule has 0 saturated heterocycles. The Hall–Kier alpha value is -2.56. The van der Waals surface area contributed by atoms with Crippen molar-refractivity contribution >= 4 is 27.5 Å². The summed E-state index contributed by atoms with van der Waals surface area (Å²) in [5.74, 6) is 1.78. The highest BCUT2D eigenvalue weighted by atomic mass is 79.9. The van der Waals surface area contributed by atoms with Gasteiger partial charge in [0.2, 0.25) is 0 Å². The highest BCUT2D eigenvalue weighted by Crippen LogP contribution is 2.29. The van der Waals surface area contributed by atoms with E-state index in [1.54, 1.807) is 0 Å². The molecule has 0 aliphatic carbocycles. The van der Waals surface area contributed by atoms with E-state index in [1.807, 2.05) is 78.9 Å². The number of benzene rings is 3. The quantitative estimate of drug-likeness (QED) is 0.389. The smallest absolute Gasteiger partial charge is 0.165 e. The Morgan fingerprint density at radius 1 is 0.615 bits per heavy atom. The Morgan fingerprint density at radius 2 is 1.23 bits per heavy atom. The van der Waals surface area contributed by atoms with Crippen molar-refractivity contribution in [2.45, 2.75) is 0 Å². The zero-order valence-electron chi connectivity index (χ0n) is 13.6. The molecule has 1 aromatic heterocycles. The van der Waals surface area contributed by atoms with Crippen LogP contribution in [0.25, 0.3) is 34.2 Å². The van der Waals surface area contributed by atoms with Crippen molar-refractivity contribution in [2.75, 3.05) is 0 Å².